The van der Waals surface area contributed by atoms with Gasteiger partial charge < -0.3 is 14.4 Å². The van der Waals surface area contributed by atoms with Gasteiger partial charge in [-0.15, -0.1) is 11.8 Å². The predicted octanol–water partition coefficient (Wildman–Crippen LogP) is 2.68. The van der Waals surface area contributed by atoms with Gasteiger partial charge in [-0.25, -0.2) is 4.79 Å². The quantitative estimate of drug-likeness (QED) is 0.322. The molecule has 0 atom stereocenters. The summed E-state index contributed by atoms with van der Waals surface area (Å²) < 4.78 is 10.2. The van der Waals surface area contributed by atoms with Gasteiger partial charge in [0.25, 0.3) is 11.8 Å². The van der Waals surface area contributed by atoms with E-state index in [-0.39, 0.29) is 28.5 Å². The van der Waals surface area contributed by atoms with E-state index in [1.807, 2.05) is 4.90 Å². The molecule has 1 aliphatic heterocycles. The number of hydrogen-bond acceptors (Lipinski definition) is 7. The molecule has 11 heteroatoms. The molecule has 2 aromatic carbocycles. The zero-order valence-corrected chi connectivity index (χ0v) is 20.0. The Hall–Kier alpha value is -3.24. The number of methoxy groups -OCH3 is 1. The van der Waals surface area contributed by atoms with Crippen LogP contribution in [0.2, 0.25) is 5.02 Å². The number of carbonyl (C=O) groups excluding carboxylic acids is 4. The molecule has 180 valence electrons. The maximum atomic E-state index is 12.5. The first-order chi connectivity index (χ1) is 16.4. The fourth-order valence-electron chi connectivity index (χ4n) is 3.25. The van der Waals surface area contributed by atoms with Crippen molar-refractivity contribution in [1.29, 1.82) is 0 Å². The number of hydrogen-bond donors (Lipinski definition) is 2. The van der Waals surface area contributed by atoms with Crippen LogP contribution in [0.25, 0.3) is 0 Å². The minimum absolute atomic E-state index is 0.0251. The fourth-order valence-corrected chi connectivity index (χ4v) is 4.37. The largest absolute Gasteiger partial charge is 0.496 e. The summed E-state index contributed by atoms with van der Waals surface area (Å²) in [5.41, 5.74) is 4.77. The standard InChI is InChI=1S/C23H24ClN3O6S/c1-32-18-9-8-15(24)12-17(18)22(30)26-25-20(28)13-33-23(31)16-6-2-3-7-19(16)34-14-21(29)27-10-4-5-11-27/h2-3,6-9,12H,4-5,10-11,13-14H2,1H3,(H,25,28)(H,26,30). The highest BCUT2D eigenvalue weighted by Gasteiger charge is 2.20. The number of nitrogens with zero attached hydrogens (tertiary/aromatic N) is 1. The lowest BCUT2D eigenvalue weighted by molar-refractivity contribution is -0.127. The van der Waals surface area contributed by atoms with Crippen LogP contribution < -0.4 is 15.6 Å². The lowest BCUT2D eigenvalue weighted by Gasteiger charge is -2.15. The van der Waals surface area contributed by atoms with Gasteiger partial charge in [-0.1, -0.05) is 23.7 Å². The molecule has 0 spiro atoms. The number of likely N-dealkylation sites (tertiary alicyclic amines) is 1. The smallest absolute Gasteiger partial charge is 0.339 e. The lowest BCUT2D eigenvalue weighted by Crippen LogP contribution is -2.43. The second-order valence-corrected chi connectivity index (χ2v) is 8.75. The Bertz CT molecular complexity index is 1070. The average Bonchev–Trinajstić information content (AvgIpc) is 3.39. The summed E-state index contributed by atoms with van der Waals surface area (Å²) in [6.45, 7) is 0.912. The molecule has 1 heterocycles. The van der Waals surface area contributed by atoms with Gasteiger partial charge in [0.2, 0.25) is 5.91 Å². The minimum Gasteiger partial charge on any atom is -0.496 e. The number of halogens is 1. The third-order valence-electron chi connectivity index (χ3n) is 4.97. The van der Waals surface area contributed by atoms with Crippen LogP contribution in [0, 0.1) is 0 Å². The molecule has 3 amide bonds. The third-order valence-corrected chi connectivity index (χ3v) is 6.27. The van der Waals surface area contributed by atoms with E-state index in [0.29, 0.717) is 9.92 Å². The number of ether oxygens (including phenoxy) is 2. The summed E-state index contributed by atoms with van der Waals surface area (Å²) in [5, 5.41) is 0.324. The lowest BCUT2D eigenvalue weighted by atomic mass is 10.2. The molecule has 3 rings (SSSR count). The SMILES string of the molecule is COc1ccc(Cl)cc1C(=O)NNC(=O)COC(=O)c1ccccc1SCC(=O)N1CCCC1. The van der Waals surface area contributed by atoms with Crippen LogP contribution in [0.5, 0.6) is 5.75 Å². The molecular formula is C23H24ClN3O6S. The second kappa shape index (κ2) is 12.3. The highest BCUT2D eigenvalue weighted by molar-refractivity contribution is 8.00. The van der Waals surface area contributed by atoms with Crippen molar-refractivity contribution < 1.29 is 28.7 Å². The Labute approximate surface area is 206 Å². The summed E-state index contributed by atoms with van der Waals surface area (Å²) in [6.07, 6.45) is 2.02. The van der Waals surface area contributed by atoms with Crippen molar-refractivity contribution in [2.24, 2.45) is 0 Å². The molecule has 9 nitrogen and oxygen atoms in total. The monoisotopic (exact) mass is 505 g/mol. The molecule has 1 fully saturated rings. The molecule has 34 heavy (non-hydrogen) atoms. The minimum atomic E-state index is -0.739. The Kier molecular flexibility index (Phi) is 9.17. The topological polar surface area (TPSA) is 114 Å². The molecule has 0 aromatic heterocycles. The van der Waals surface area contributed by atoms with Crippen LogP contribution in [0.3, 0.4) is 0 Å². The number of rotatable bonds is 8. The van der Waals surface area contributed by atoms with Gasteiger partial charge in [0.05, 0.1) is 24.0 Å². The van der Waals surface area contributed by atoms with E-state index in [4.69, 9.17) is 21.1 Å². The van der Waals surface area contributed by atoms with Crippen LogP contribution in [-0.4, -0.2) is 61.1 Å². The highest BCUT2D eigenvalue weighted by atomic mass is 35.5. The van der Waals surface area contributed by atoms with Crippen molar-refractivity contribution >= 4 is 47.1 Å². The maximum absolute atomic E-state index is 12.5. The number of thioether (sulfide) groups is 1. The first kappa shape index (κ1) is 25.4. The number of esters is 1. The van der Waals surface area contributed by atoms with Crippen LogP contribution in [-0.2, 0) is 14.3 Å². The fraction of sp³-hybridized carbons (Fsp3) is 0.304. The molecule has 0 bridgehead atoms. The molecule has 1 saturated heterocycles. The van der Waals surface area contributed by atoms with Gasteiger partial charge in [-0.2, -0.15) is 0 Å². The number of nitrogens with one attached hydrogen (secondary N) is 2. The van der Waals surface area contributed by atoms with E-state index in [1.165, 1.54) is 31.0 Å². The van der Waals surface area contributed by atoms with Crippen molar-refractivity contribution in [3.05, 3.63) is 58.6 Å². The summed E-state index contributed by atoms with van der Waals surface area (Å²) in [5.74, 6) is -1.59. The molecule has 0 saturated carbocycles. The molecule has 2 N–H and O–H groups in total. The highest BCUT2D eigenvalue weighted by Crippen LogP contribution is 2.25. The van der Waals surface area contributed by atoms with E-state index in [9.17, 15) is 19.2 Å². The third kappa shape index (κ3) is 6.88. The zero-order chi connectivity index (χ0) is 24.5. The normalized spacial score (nSPS) is 12.7. The van der Waals surface area contributed by atoms with Crippen molar-refractivity contribution in [3.63, 3.8) is 0 Å². The Balaban J connectivity index is 1.49. The van der Waals surface area contributed by atoms with Gasteiger partial charge in [0.1, 0.15) is 5.75 Å². The van der Waals surface area contributed by atoms with Crippen LogP contribution in [0.1, 0.15) is 33.6 Å². The molecule has 0 unspecified atom stereocenters. The van der Waals surface area contributed by atoms with E-state index in [0.717, 1.165) is 25.9 Å². The summed E-state index contributed by atoms with van der Waals surface area (Å²) >= 11 is 7.15. The van der Waals surface area contributed by atoms with E-state index < -0.39 is 24.4 Å². The summed E-state index contributed by atoms with van der Waals surface area (Å²) in [4.78, 5) is 51.6. The van der Waals surface area contributed by atoms with Gasteiger partial charge in [-0.05, 0) is 43.2 Å². The van der Waals surface area contributed by atoms with Crippen molar-refractivity contribution in [3.8, 4) is 5.75 Å². The van der Waals surface area contributed by atoms with E-state index >= 15 is 0 Å². The zero-order valence-electron chi connectivity index (χ0n) is 18.5. The van der Waals surface area contributed by atoms with Crippen LogP contribution in [0.4, 0.5) is 0 Å². The molecular weight excluding hydrogens is 482 g/mol. The molecule has 0 radical (unpaired) electrons. The first-order valence-electron chi connectivity index (χ1n) is 10.5. The number of benzene rings is 2. The summed E-state index contributed by atoms with van der Waals surface area (Å²) in [7, 11) is 1.40. The van der Waals surface area contributed by atoms with Crippen LogP contribution in [0.15, 0.2) is 47.4 Å². The van der Waals surface area contributed by atoms with Crippen molar-refractivity contribution in [2.45, 2.75) is 17.7 Å². The number of amides is 3. The van der Waals surface area contributed by atoms with Crippen molar-refractivity contribution in [1.82, 2.24) is 15.8 Å². The Morgan fingerprint density at radius 2 is 1.76 bits per heavy atom. The molecule has 1 aliphatic rings. The van der Waals surface area contributed by atoms with E-state index in [2.05, 4.69) is 10.9 Å². The average molecular weight is 506 g/mol. The van der Waals surface area contributed by atoms with Crippen LogP contribution >= 0.6 is 23.4 Å². The number of carbonyl (C=O) groups is 4. The van der Waals surface area contributed by atoms with Gasteiger partial charge >= 0.3 is 5.97 Å². The van der Waals surface area contributed by atoms with Gasteiger partial charge in [0.15, 0.2) is 6.61 Å². The Morgan fingerprint density at radius 1 is 1.03 bits per heavy atom. The maximum Gasteiger partial charge on any atom is 0.339 e. The molecule has 0 aliphatic carbocycles. The molecule has 2 aromatic rings. The number of hydrazine groups is 1. The second-order valence-electron chi connectivity index (χ2n) is 7.30. The van der Waals surface area contributed by atoms with E-state index in [1.54, 1.807) is 30.3 Å². The first-order valence-corrected chi connectivity index (χ1v) is 11.8. The van der Waals surface area contributed by atoms with Crippen molar-refractivity contribution in [2.75, 3.05) is 32.6 Å². The van der Waals surface area contributed by atoms with Gasteiger partial charge in [0, 0.05) is 23.0 Å². The predicted molar refractivity (Wildman–Crippen MR) is 127 cm³/mol. The summed E-state index contributed by atoms with van der Waals surface area (Å²) in [6, 6.07) is 11.2. The Morgan fingerprint density at radius 3 is 2.50 bits per heavy atom. The van der Waals surface area contributed by atoms with Gasteiger partial charge in [-0.3, -0.25) is 25.2 Å².